The molecule has 0 aliphatic heterocycles. The molecule has 1 unspecified atom stereocenters. The Morgan fingerprint density at radius 1 is 1.15 bits per heavy atom. The first kappa shape index (κ1) is 19.3. The average Bonchev–Trinajstić information content (AvgIpc) is 2.93. The summed E-state index contributed by atoms with van der Waals surface area (Å²) in [4.78, 5) is 23.6. The molecule has 2 heterocycles. The largest absolute Gasteiger partial charge is 0.365 e. The van der Waals surface area contributed by atoms with E-state index in [1.165, 1.54) is 10.4 Å². The van der Waals surface area contributed by atoms with Crippen molar-refractivity contribution in [2.45, 2.75) is 53.6 Å². The monoisotopic (exact) mass is 382 g/mol. The molecular weight excluding hydrogens is 356 g/mol. The van der Waals surface area contributed by atoms with E-state index in [0.29, 0.717) is 12.1 Å². The molecule has 0 radical (unpaired) electrons. The predicted molar refractivity (Wildman–Crippen MR) is 113 cm³/mol. The standard InChI is InChI=1S/C21H26N4OS/c1-6-12(2)23-20(26)17-9-7-16(8-10-17)11-22-19-18-13(3)14(4)27-21(18)25-15(5)24-19/h7-10,12H,6,11H2,1-5H3,(H,23,26)(H,22,24,25). The van der Waals surface area contributed by atoms with Gasteiger partial charge in [-0.05, 0) is 57.4 Å². The summed E-state index contributed by atoms with van der Waals surface area (Å²) >= 11 is 1.70. The molecule has 5 nitrogen and oxygen atoms in total. The molecule has 6 heteroatoms. The zero-order chi connectivity index (χ0) is 19.6. The van der Waals surface area contributed by atoms with Gasteiger partial charge in [0.05, 0.1) is 5.39 Å². The van der Waals surface area contributed by atoms with Crippen molar-refractivity contribution in [1.29, 1.82) is 0 Å². The molecule has 2 aromatic heterocycles. The van der Waals surface area contributed by atoms with E-state index in [9.17, 15) is 4.79 Å². The predicted octanol–water partition coefficient (Wildman–Crippen LogP) is 4.76. The highest BCUT2D eigenvalue weighted by Gasteiger charge is 2.13. The Morgan fingerprint density at radius 2 is 1.85 bits per heavy atom. The highest BCUT2D eigenvalue weighted by molar-refractivity contribution is 7.18. The molecule has 2 N–H and O–H groups in total. The van der Waals surface area contributed by atoms with E-state index in [-0.39, 0.29) is 11.9 Å². The van der Waals surface area contributed by atoms with Crippen LogP contribution in [0.25, 0.3) is 10.2 Å². The second-order valence-corrected chi connectivity index (χ2v) is 8.12. The fourth-order valence-corrected chi connectivity index (χ4v) is 3.93. The van der Waals surface area contributed by atoms with E-state index in [4.69, 9.17) is 0 Å². The lowest BCUT2D eigenvalue weighted by Crippen LogP contribution is -2.31. The first-order valence-corrected chi connectivity index (χ1v) is 10.1. The molecule has 27 heavy (non-hydrogen) atoms. The van der Waals surface area contributed by atoms with Crippen molar-refractivity contribution in [3.63, 3.8) is 0 Å². The lowest BCUT2D eigenvalue weighted by atomic mass is 10.1. The van der Waals surface area contributed by atoms with Gasteiger partial charge in [0.25, 0.3) is 5.91 Å². The average molecular weight is 383 g/mol. The van der Waals surface area contributed by atoms with Crippen LogP contribution in [-0.2, 0) is 6.54 Å². The van der Waals surface area contributed by atoms with Crippen LogP contribution in [0.15, 0.2) is 24.3 Å². The van der Waals surface area contributed by atoms with Gasteiger partial charge in [0, 0.05) is 23.0 Å². The minimum Gasteiger partial charge on any atom is -0.365 e. The molecule has 142 valence electrons. The van der Waals surface area contributed by atoms with Gasteiger partial charge in [-0.3, -0.25) is 4.79 Å². The first-order chi connectivity index (χ1) is 12.9. The highest BCUT2D eigenvalue weighted by Crippen LogP contribution is 2.33. The van der Waals surface area contributed by atoms with Crippen LogP contribution in [0.1, 0.15) is 52.5 Å². The van der Waals surface area contributed by atoms with Crippen molar-refractivity contribution >= 4 is 33.3 Å². The number of hydrogen-bond acceptors (Lipinski definition) is 5. The fraction of sp³-hybridized carbons (Fsp3) is 0.381. The van der Waals surface area contributed by atoms with Crippen LogP contribution in [0.4, 0.5) is 5.82 Å². The van der Waals surface area contributed by atoms with Crippen LogP contribution in [0, 0.1) is 20.8 Å². The molecule has 3 rings (SSSR count). The Hall–Kier alpha value is -2.47. The van der Waals surface area contributed by atoms with Gasteiger partial charge in [-0.15, -0.1) is 11.3 Å². The number of aromatic nitrogens is 2. The van der Waals surface area contributed by atoms with E-state index in [2.05, 4.69) is 41.4 Å². The first-order valence-electron chi connectivity index (χ1n) is 9.27. The quantitative estimate of drug-likeness (QED) is 0.645. The van der Waals surface area contributed by atoms with Crippen molar-refractivity contribution in [1.82, 2.24) is 15.3 Å². The number of amides is 1. The summed E-state index contributed by atoms with van der Waals surface area (Å²) in [6.07, 6.45) is 0.919. The van der Waals surface area contributed by atoms with E-state index in [1.807, 2.05) is 38.1 Å². The maximum atomic E-state index is 12.2. The third-order valence-electron chi connectivity index (χ3n) is 4.81. The number of carbonyl (C=O) groups excluding carboxylic acids is 1. The number of benzene rings is 1. The number of carbonyl (C=O) groups is 1. The highest BCUT2D eigenvalue weighted by atomic mass is 32.1. The van der Waals surface area contributed by atoms with E-state index < -0.39 is 0 Å². The van der Waals surface area contributed by atoms with Gasteiger partial charge in [-0.2, -0.15) is 0 Å². The Bertz CT molecular complexity index is 962. The lowest BCUT2D eigenvalue weighted by Gasteiger charge is -2.12. The topological polar surface area (TPSA) is 66.9 Å². The number of thiophene rings is 1. The number of aryl methyl sites for hydroxylation is 3. The summed E-state index contributed by atoms with van der Waals surface area (Å²) in [5.41, 5.74) is 3.02. The van der Waals surface area contributed by atoms with Crippen molar-refractivity contribution in [2.24, 2.45) is 0 Å². The van der Waals surface area contributed by atoms with Gasteiger partial charge in [-0.1, -0.05) is 19.1 Å². The normalized spacial score (nSPS) is 12.2. The third kappa shape index (κ3) is 4.27. The molecule has 0 spiro atoms. The molecular formula is C21H26N4OS. The zero-order valence-corrected chi connectivity index (χ0v) is 17.3. The van der Waals surface area contributed by atoms with Gasteiger partial charge in [0.15, 0.2) is 0 Å². The van der Waals surface area contributed by atoms with Gasteiger partial charge in [-0.25, -0.2) is 9.97 Å². The van der Waals surface area contributed by atoms with Crippen LogP contribution >= 0.6 is 11.3 Å². The number of nitrogens with one attached hydrogen (secondary N) is 2. The minimum atomic E-state index is -0.0265. The van der Waals surface area contributed by atoms with Crippen molar-refractivity contribution in [3.8, 4) is 0 Å². The van der Waals surface area contributed by atoms with Crippen molar-refractivity contribution in [2.75, 3.05) is 5.32 Å². The summed E-state index contributed by atoms with van der Waals surface area (Å²) in [6.45, 7) is 10.9. The molecule has 0 saturated heterocycles. The SMILES string of the molecule is CCC(C)NC(=O)c1ccc(CNc2nc(C)nc3sc(C)c(C)c23)cc1. The second kappa shape index (κ2) is 8.05. The molecule has 0 bridgehead atoms. The summed E-state index contributed by atoms with van der Waals surface area (Å²) in [6, 6.07) is 7.88. The van der Waals surface area contributed by atoms with Gasteiger partial charge in [0.2, 0.25) is 0 Å². The zero-order valence-electron chi connectivity index (χ0n) is 16.5. The summed E-state index contributed by atoms with van der Waals surface area (Å²) in [5.74, 6) is 1.61. The molecule has 0 fully saturated rings. The second-order valence-electron chi connectivity index (χ2n) is 6.92. The third-order valence-corrected chi connectivity index (χ3v) is 5.91. The van der Waals surface area contributed by atoms with E-state index in [0.717, 1.165) is 33.8 Å². The number of nitrogens with zero attached hydrogens (tertiary/aromatic N) is 2. The lowest BCUT2D eigenvalue weighted by molar-refractivity contribution is 0.0939. The van der Waals surface area contributed by atoms with Gasteiger partial charge < -0.3 is 10.6 Å². The number of fused-ring (bicyclic) bond motifs is 1. The number of rotatable bonds is 6. The maximum absolute atomic E-state index is 12.2. The van der Waals surface area contributed by atoms with E-state index in [1.54, 1.807) is 11.3 Å². The Labute approximate surface area is 164 Å². The summed E-state index contributed by atoms with van der Waals surface area (Å²) < 4.78 is 0. The Kier molecular flexibility index (Phi) is 5.75. The summed E-state index contributed by atoms with van der Waals surface area (Å²) in [7, 11) is 0. The fourth-order valence-electron chi connectivity index (χ4n) is 2.85. The minimum absolute atomic E-state index is 0.0265. The van der Waals surface area contributed by atoms with Gasteiger partial charge in [0.1, 0.15) is 16.5 Å². The van der Waals surface area contributed by atoms with Crippen LogP contribution in [-0.4, -0.2) is 21.9 Å². The van der Waals surface area contributed by atoms with Crippen LogP contribution in [0.2, 0.25) is 0 Å². The van der Waals surface area contributed by atoms with Crippen LogP contribution in [0.3, 0.4) is 0 Å². The van der Waals surface area contributed by atoms with Crippen molar-refractivity contribution in [3.05, 3.63) is 51.7 Å². The molecule has 0 saturated carbocycles. The summed E-state index contributed by atoms with van der Waals surface area (Å²) in [5, 5.41) is 7.54. The number of anilines is 1. The Morgan fingerprint density at radius 3 is 2.52 bits per heavy atom. The molecule has 1 aromatic carbocycles. The molecule has 3 aromatic rings. The van der Waals surface area contributed by atoms with Crippen molar-refractivity contribution < 1.29 is 4.79 Å². The van der Waals surface area contributed by atoms with E-state index >= 15 is 0 Å². The molecule has 0 aliphatic carbocycles. The van der Waals surface area contributed by atoms with Gasteiger partial charge >= 0.3 is 0 Å². The number of hydrogen-bond donors (Lipinski definition) is 2. The molecule has 1 amide bonds. The molecule has 1 atom stereocenters. The Balaban J connectivity index is 1.74. The maximum Gasteiger partial charge on any atom is 0.251 e. The smallest absolute Gasteiger partial charge is 0.251 e. The molecule has 0 aliphatic rings. The van der Waals surface area contributed by atoms with Crippen LogP contribution < -0.4 is 10.6 Å². The van der Waals surface area contributed by atoms with Crippen LogP contribution in [0.5, 0.6) is 0 Å².